The third kappa shape index (κ3) is 8.11. The summed E-state index contributed by atoms with van der Waals surface area (Å²) in [6, 6.07) is 0. The van der Waals surface area contributed by atoms with Crippen molar-refractivity contribution in [3.05, 3.63) is 24.0 Å². The van der Waals surface area contributed by atoms with Gasteiger partial charge in [0, 0.05) is 0 Å². The fraction of sp³-hybridized carbons (Fsp3) is 0.500. The predicted octanol–water partition coefficient (Wildman–Crippen LogP) is 2.74. The fourth-order valence-electron chi connectivity index (χ4n) is 1.35. The molecule has 8 nitrogen and oxygen atoms in total. The summed E-state index contributed by atoms with van der Waals surface area (Å²) in [5, 5.41) is 0. The number of allylic oxidation sites excluding steroid dienone is 2. The van der Waals surface area contributed by atoms with Crippen LogP contribution in [-0.2, 0) is 14.3 Å². The van der Waals surface area contributed by atoms with Crippen molar-refractivity contribution in [1.29, 1.82) is 0 Å². The number of amides is 2. The van der Waals surface area contributed by atoms with E-state index >= 15 is 0 Å². The highest BCUT2D eigenvalue weighted by Crippen LogP contribution is 2.19. The predicted molar refractivity (Wildman–Crippen MR) is 90.3 cm³/mol. The lowest BCUT2D eigenvalue weighted by molar-refractivity contribution is -0.105. The maximum atomic E-state index is 12.3. The third-order valence-electron chi connectivity index (χ3n) is 2.10. The van der Waals surface area contributed by atoms with Crippen LogP contribution in [-0.4, -0.2) is 40.9 Å². The van der Waals surface area contributed by atoms with E-state index in [4.69, 9.17) is 15.2 Å². The van der Waals surface area contributed by atoms with Crippen molar-refractivity contribution in [3.63, 3.8) is 0 Å². The Morgan fingerprint density at radius 3 is 1.75 bits per heavy atom. The number of rotatable bonds is 4. The van der Waals surface area contributed by atoms with Crippen LogP contribution in [0.3, 0.4) is 0 Å². The van der Waals surface area contributed by atoms with Gasteiger partial charge in [0.25, 0.3) is 0 Å². The van der Waals surface area contributed by atoms with Crippen molar-refractivity contribution in [2.24, 2.45) is 10.7 Å². The standard InChI is InChI=1S/C16H25N3O5/c1-11(8-12(9-20)18-10-17)19(13(21)23-15(2,3)4)14(22)24-16(5,6)7/h8-10H,1H2,2-7H3,(H2,17,18)/b12-8-. The number of carbonyl (C=O) groups excluding carboxylic acids is 3. The van der Waals surface area contributed by atoms with Gasteiger partial charge in [-0.1, -0.05) is 6.58 Å². The molecule has 0 aliphatic rings. The molecule has 0 aliphatic heterocycles. The summed E-state index contributed by atoms with van der Waals surface area (Å²) in [7, 11) is 0. The first-order valence-corrected chi connectivity index (χ1v) is 7.17. The number of nitrogens with two attached hydrogens (primary N) is 1. The lowest BCUT2D eigenvalue weighted by atomic mass is 10.2. The summed E-state index contributed by atoms with van der Waals surface area (Å²) in [6.07, 6.45) is 0.444. The molecule has 0 atom stereocenters. The first-order chi connectivity index (χ1) is 10.8. The number of hydrogen-bond donors (Lipinski definition) is 1. The molecule has 134 valence electrons. The molecule has 0 saturated heterocycles. The maximum Gasteiger partial charge on any atom is 0.424 e. The van der Waals surface area contributed by atoms with Crippen molar-refractivity contribution in [2.45, 2.75) is 52.7 Å². The molecule has 0 aromatic carbocycles. The van der Waals surface area contributed by atoms with Gasteiger partial charge in [-0.25, -0.2) is 14.6 Å². The van der Waals surface area contributed by atoms with Gasteiger partial charge < -0.3 is 15.2 Å². The Kier molecular flexibility index (Phi) is 7.37. The van der Waals surface area contributed by atoms with Crippen LogP contribution in [0, 0.1) is 0 Å². The molecule has 0 rings (SSSR count). The summed E-state index contributed by atoms with van der Waals surface area (Å²) >= 11 is 0. The molecule has 0 spiro atoms. The Hall–Kier alpha value is -2.64. The normalized spacial score (nSPS) is 12.7. The lowest BCUT2D eigenvalue weighted by Gasteiger charge is -2.28. The van der Waals surface area contributed by atoms with Crippen LogP contribution >= 0.6 is 0 Å². The Morgan fingerprint density at radius 1 is 1.04 bits per heavy atom. The third-order valence-corrected chi connectivity index (χ3v) is 2.10. The molecule has 0 aromatic heterocycles. The van der Waals surface area contributed by atoms with E-state index in [0.29, 0.717) is 11.2 Å². The van der Waals surface area contributed by atoms with Crippen molar-refractivity contribution in [1.82, 2.24) is 4.90 Å². The molecule has 8 heteroatoms. The molecular weight excluding hydrogens is 314 g/mol. The summed E-state index contributed by atoms with van der Waals surface area (Å²) in [5.41, 5.74) is 3.17. The highest BCUT2D eigenvalue weighted by atomic mass is 16.6. The minimum absolute atomic E-state index is 0.125. The van der Waals surface area contributed by atoms with Gasteiger partial charge in [0.2, 0.25) is 0 Å². The Morgan fingerprint density at radius 2 is 1.46 bits per heavy atom. The van der Waals surface area contributed by atoms with E-state index < -0.39 is 23.4 Å². The largest absolute Gasteiger partial charge is 0.443 e. The second-order valence-corrected chi connectivity index (χ2v) is 6.75. The monoisotopic (exact) mass is 339 g/mol. The van der Waals surface area contributed by atoms with Gasteiger partial charge in [0.15, 0.2) is 6.29 Å². The number of hydrogen-bond acceptors (Lipinski definition) is 6. The van der Waals surface area contributed by atoms with Crippen LogP contribution in [0.25, 0.3) is 0 Å². The van der Waals surface area contributed by atoms with E-state index in [1.54, 1.807) is 41.5 Å². The highest BCUT2D eigenvalue weighted by molar-refractivity contribution is 5.91. The summed E-state index contributed by atoms with van der Waals surface area (Å²) in [4.78, 5) is 39.7. The van der Waals surface area contributed by atoms with Crippen LogP contribution in [0.1, 0.15) is 41.5 Å². The van der Waals surface area contributed by atoms with Crippen LogP contribution in [0.2, 0.25) is 0 Å². The molecule has 0 aliphatic carbocycles. The van der Waals surface area contributed by atoms with Gasteiger partial charge in [0.05, 0.1) is 12.0 Å². The SMILES string of the molecule is C=C(/C=C(/C=O)N=CN)N(C(=O)OC(C)(C)C)C(=O)OC(C)(C)C. The highest BCUT2D eigenvalue weighted by Gasteiger charge is 2.32. The van der Waals surface area contributed by atoms with E-state index in [0.717, 1.165) is 12.4 Å². The van der Waals surface area contributed by atoms with Crippen molar-refractivity contribution >= 4 is 24.8 Å². The second kappa shape index (κ2) is 8.28. The van der Waals surface area contributed by atoms with E-state index in [1.807, 2.05) is 0 Å². The minimum Gasteiger partial charge on any atom is -0.443 e. The number of aliphatic imine (C=N–C) groups is 1. The van der Waals surface area contributed by atoms with Gasteiger partial charge >= 0.3 is 12.2 Å². The van der Waals surface area contributed by atoms with Gasteiger partial charge in [-0.05, 0) is 47.6 Å². The summed E-state index contributed by atoms with van der Waals surface area (Å²) in [5.74, 6) is 0. The Balaban J connectivity index is 5.69. The molecule has 0 fully saturated rings. The van der Waals surface area contributed by atoms with Crippen LogP contribution in [0.15, 0.2) is 29.0 Å². The van der Waals surface area contributed by atoms with Crippen LogP contribution in [0.4, 0.5) is 9.59 Å². The lowest BCUT2D eigenvalue weighted by Crippen LogP contribution is -2.42. The molecule has 0 unspecified atom stereocenters. The number of aldehydes is 1. The zero-order valence-corrected chi connectivity index (χ0v) is 15.0. The van der Waals surface area contributed by atoms with Crippen molar-refractivity contribution in [3.8, 4) is 0 Å². The Bertz CT molecular complexity index is 537. The van der Waals surface area contributed by atoms with Crippen LogP contribution < -0.4 is 5.73 Å². The zero-order chi connectivity index (χ0) is 19.1. The van der Waals surface area contributed by atoms with E-state index in [9.17, 15) is 14.4 Å². The fourth-order valence-corrected chi connectivity index (χ4v) is 1.35. The topological polar surface area (TPSA) is 111 Å². The summed E-state index contributed by atoms with van der Waals surface area (Å²) in [6.45, 7) is 13.5. The molecule has 0 aromatic rings. The maximum absolute atomic E-state index is 12.3. The number of carbonyl (C=O) groups is 3. The molecular formula is C16H25N3O5. The Labute approximate surface area is 142 Å². The summed E-state index contributed by atoms with van der Waals surface area (Å²) < 4.78 is 10.4. The van der Waals surface area contributed by atoms with Crippen molar-refractivity contribution in [2.75, 3.05) is 0 Å². The van der Waals surface area contributed by atoms with E-state index in [2.05, 4.69) is 11.6 Å². The number of nitrogens with zero attached hydrogens (tertiary/aromatic N) is 2. The minimum atomic E-state index is -0.986. The van der Waals surface area contributed by atoms with Crippen LogP contribution in [0.5, 0.6) is 0 Å². The average molecular weight is 339 g/mol. The molecule has 2 amide bonds. The molecule has 0 saturated carbocycles. The number of ether oxygens (including phenoxy) is 2. The van der Waals surface area contributed by atoms with E-state index in [-0.39, 0.29) is 11.4 Å². The first kappa shape index (κ1) is 21.4. The molecule has 0 heterocycles. The molecule has 24 heavy (non-hydrogen) atoms. The van der Waals surface area contributed by atoms with Gasteiger partial charge in [-0.2, -0.15) is 4.90 Å². The van der Waals surface area contributed by atoms with Gasteiger partial charge in [-0.15, -0.1) is 0 Å². The van der Waals surface area contributed by atoms with Crippen molar-refractivity contribution < 1.29 is 23.9 Å². The quantitative estimate of drug-likeness (QED) is 0.277. The molecule has 0 bridgehead atoms. The molecule has 0 radical (unpaired) electrons. The first-order valence-electron chi connectivity index (χ1n) is 7.17. The smallest absolute Gasteiger partial charge is 0.424 e. The zero-order valence-electron chi connectivity index (χ0n) is 15.0. The number of imide groups is 1. The average Bonchev–Trinajstić information content (AvgIpc) is 2.33. The van der Waals surface area contributed by atoms with E-state index in [1.165, 1.54) is 0 Å². The van der Waals surface area contributed by atoms with Gasteiger partial charge in [-0.3, -0.25) is 4.79 Å². The molecule has 2 N–H and O–H groups in total. The second-order valence-electron chi connectivity index (χ2n) is 6.75. The van der Waals surface area contributed by atoms with Gasteiger partial charge in [0.1, 0.15) is 16.9 Å².